The Hall–Kier alpha value is -1.93. The third-order valence-corrected chi connectivity index (χ3v) is 7.18. The monoisotopic (exact) mass is 379 g/mol. The second-order valence-electron chi connectivity index (χ2n) is 6.89. The van der Waals surface area contributed by atoms with Crippen LogP contribution in [0.5, 0.6) is 0 Å². The van der Waals surface area contributed by atoms with E-state index in [1.54, 1.807) is 0 Å². The summed E-state index contributed by atoms with van der Waals surface area (Å²) in [5.74, 6) is -0.0326. The number of sulfone groups is 1. The van der Waals surface area contributed by atoms with Gasteiger partial charge >= 0.3 is 6.03 Å². The smallest absolute Gasteiger partial charge is 0.319 e. The first kappa shape index (κ1) is 18.8. The van der Waals surface area contributed by atoms with E-state index in [4.69, 9.17) is 0 Å². The van der Waals surface area contributed by atoms with Crippen molar-refractivity contribution in [3.8, 4) is 0 Å². The largest absolute Gasteiger partial charge is 0.326 e. The highest BCUT2D eigenvalue weighted by atomic mass is 32.2. The van der Waals surface area contributed by atoms with E-state index in [-0.39, 0.29) is 30.1 Å². The third kappa shape index (κ3) is 3.23. The zero-order chi connectivity index (χ0) is 18.9. The molecule has 0 spiro atoms. The fraction of sp³-hybridized carbons (Fsp3) is 0.556. The van der Waals surface area contributed by atoms with Crippen molar-refractivity contribution in [1.82, 2.24) is 15.1 Å². The molecule has 2 heterocycles. The predicted octanol–water partition coefficient (Wildman–Crippen LogP) is 1.31. The molecule has 0 bridgehead atoms. The molecule has 2 fully saturated rings. The van der Waals surface area contributed by atoms with Gasteiger partial charge in [-0.15, -0.1) is 0 Å². The van der Waals surface area contributed by atoms with Gasteiger partial charge in [0.15, 0.2) is 9.84 Å². The fourth-order valence-corrected chi connectivity index (χ4v) is 5.60. The molecule has 2 aliphatic rings. The van der Waals surface area contributed by atoms with Crippen LogP contribution in [-0.4, -0.2) is 60.9 Å². The van der Waals surface area contributed by atoms with Gasteiger partial charge in [-0.1, -0.05) is 44.2 Å². The second kappa shape index (κ2) is 7.00. The molecule has 0 aliphatic carbocycles. The Kier molecular flexibility index (Phi) is 5.07. The van der Waals surface area contributed by atoms with Crippen LogP contribution in [0, 0.1) is 0 Å². The maximum Gasteiger partial charge on any atom is 0.326 e. The van der Waals surface area contributed by atoms with E-state index in [1.165, 1.54) is 4.90 Å². The van der Waals surface area contributed by atoms with Crippen LogP contribution in [-0.2, 0) is 20.2 Å². The average molecular weight is 379 g/mol. The first-order valence-corrected chi connectivity index (χ1v) is 10.8. The number of carbonyl (C=O) groups excluding carboxylic acids is 2. The summed E-state index contributed by atoms with van der Waals surface area (Å²) < 4.78 is 23.6. The van der Waals surface area contributed by atoms with Gasteiger partial charge in [0.25, 0.3) is 5.91 Å². The van der Waals surface area contributed by atoms with Gasteiger partial charge in [0.2, 0.25) is 0 Å². The summed E-state index contributed by atoms with van der Waals surface area (Å²) >= 11 is 0. The van der Waals surface area contributed by atoms with Gasteiger partial charge in [-0.05, 0) is 24.9 Å². The van der Waals surface area contributed by atoms with Gasteiger partial charge in [0.05, 0.1) is 18.2 Å². The average Bonchev–Trinajstić information content (AvgIpc) is 3.11. The quantitative estimate of drug-likeness (QED) is 0.753. The molecule has 0 unspecified atom stereocenters. The van der Waals surface area contributed by atoms with Crippen molar-refractivity contribution in [2.75, 3.05) is 24.7 Å². The number of benzene rings is 1. The molecule has 2 aliphatic heterocycles. The second-order valence-corrected chi connectivity index (χ2v) is 9.12. The minimum atomic E-state index is -3.03. The van der Waals surface area contributed by atoms with Crippen molar-refractivity contribution < 1.29 is 18.0 Å². The molecule has 142 valence electrons. The Morgan fingerprint density at radius 2 is 1.92 bits per heavy atom. The summed E-state index contributed by atoms with van der Waals surface area (Å²) in [4.78, 5) is 28.9. The fourth-order valence-electron chi connectivity index (χ4n) is 3.84. The molecule has 1 aromatic carbocycles. The number of amides is 3. The van der Waals surface area contributed by atoms with Gasteiger partial charge in [0.1, 0.15) is 5.54 Å². The number of imide groups is 1. The van der Waals surface area contributed by atoms with Crippen LogP contribution in [0.4, 0.5) is 4.79 Å². The summed E-state index contributed by atoms with van der Waals surface area (Å²) in [6.45, 7) is 4.46. The molecule has 3 rings (SSSR count). The van der Waals surface area contributed by atoms with Crippen LogP contribution in [0.3, 0.4) is 0 Å². The lowest BCUT2D eigenvalue weighted by atomic mass is 9.87. The molecule has 2 atom stereocenters. The Balaban J connectivity index is 1.82. The van der Waals surface area contributed by atoms with Crippen LogP contribution < -0.4 is 5.32 Å². The summed E-state index contributed by atoms with van der Waals surface area (Å²) in [5.41, 5.74) is -0.297. The Labute approximate surface area is 154 Å². The van der Waals surface area contributed by atoms with Crippen LogP contribution in [0.2, 0.25) is 0 Å². The van der Waals surface area contributed by atoms with E-state index in [0.29, 0.717) is 19.4 Å². The van der Waals surface area contributed by atoms with Crippen molar-refractivity contribution in [2.45, 2.75) is 38.3 Å². The van der Waals surface area contributed by atoms with E-state index in [9.17, 15) is 18.0 Å². The zero-order valence-electron chi connectivity index (χ0n) is 15.1. The van der Waals surface area contributed by atoms with Crippen LogP contribution in [0.15, 0.2) is 30.3 Å². The molecule has 1 N–H and O–H groups in total. The molecule has 0 saturated carbocycles. The summed E-state index contributed by atoms with van der Waals surface area (Å²) in [6, 6.07) is 8.65. The van der Waals surface area contributed by atoms with Gasteiger partial charge in [-0.3, -0.25) is 9.69 Å². The zero-order valence-corrected chi connectivity index (χ0v) is 16.0. The third-order valence-electron chi connectivity index (χ3n) is 5.43. The lowest BCUT2D eigenvalue weighted by molar-refractivity contribution is -0.133. The van der Waals surface area contributed by atoms with Gasteiger partial charge < -0.3 is 5.32 Å². The SMILES string of the molecule is CCN(CN1C(=O)N[C@@](CC)(c2ccccc2)C1=O)[C@@H]1CCS(=O)(=O)C1. The van der Waals surface area contributed by atoms with E-state index >= 15 is 0 Å². The van der Waals surface area contributed by atoms with Gasteiger partial charge in [0, 0.05) is 6.04 Å². The number of nitrogens with one attached hydrogen (secondary N) is 1. The Morgan fingerprint density at radius 1 is 1.23 bits per heavy atom. The number of carbonyl (C=O) groups is 2. The number of hydrogen-bond donors (Lipinski definition) is 1. The molecule has 2 saturated heterocycles. The minimum Gasteiger partial charge on any atom is -0.319 e. The normalized spacial score (nSPS) is 28.0. The van der Waals surface area contributed by atoms with Crippen molar-refractivity contribution >= 4 is 21.8 Å². The predicted molar refractivity (Wildman–Crippen MR) is 98.1 cm³/mol. The number of hydrogen-bond acceptors (Lipinski definition) is 5. The molecular weight excluding hydrogens is 354 g/mol. The van der Waals surface area contributed by atoms with Crippen LogP contribution in [0.25, 0.3) is 0 Å². The van der Waals surface area contributed by atoms with Crippen molar-refractivity contribution in [3.05, 3.63) is 35.9 Å². The molecule has 8 heteroatoms. The van der Waals surface area contributed by atoms with Crippen molar-refractivity contribution in [3.63, 3.8) is 0 Å². The topological polar surface area (TPSA) is 86.8 Å². The maximum atomic E-state index is 13.2. The molecule has 0 radical (unpaired) electrons. The lowest BCUT2D eigenvalue weighted by Crippen LogP contribution is -2.48. The lowest BCUT2D eigenvalue weighted by Gasteiger charge is -2.30. The summed E-state index contributed by atoms with van der Waals surface area (Å²) in [5, 5.41) is 2.86. The van der Waals surface area contributed by atoms with Crippen molar-refractivity contribution in [2.24, 2.45) is 0 Å². The number of nitrogens with zero attached hydrogens (tertiary/aromatic N) is 2. The van der Waals surface area contributed by atoms with Gasteiger partial charge in [-0.2, -0.15) is 0 Å². The van der Waals surface area contributed by atoms with E-state index in [0.717, 1.165) is 5.56 Å². The van der Waals surface area contributed by atoms with Crippen LogP contribution >= 0.6 is 0 Å². The maximum absolute atomic E-state index is 13.2. The summed E-state index contributed by atoms with van der Waals surface area (Å²) in [6.07, 6.45) is 0.986. The molecule has 26 heavy (non-hydrogen) atoms. The highest BCUT2D eigenvalue weighted by Crippen LogP contribution is 2.32. The molecule has 0 aromatic heterocycles. The first-order valence-electron chi connectivity index (χ1n) is 8.97. The molecular formula is C18H25N3O4S. The van der Waals surface area contributed by atoms with E-state index in [1.807, 2.05) is 49.1 Å². The van der Waals surface area contributed by atoms with Gasteiger partial charge in [-0.25, -0.2) is 18.1 Å². The molecule has 3 amide bonds. The standard InChI is InChI=1S/C18H25N3O4S/c1-3-18(14-8-6-5-7-9-14)16(22)21(17(23)19-18)13-20(4-2)15-10-11-26(24,25)12-15/h5-9,15H,3-4,10-13H2,1-2H3,(H,19,23)/t15-,18+/m1/s1. The number of urea groups is 1. The summed E-state index contributed by atoms with van der Waals surface area (Å²) in [7, 11) is -3.03. The Bertz CT molecular complexity index is 796. The highest BCUT2D eigenvalue weighted by molar-refractivity contribution is 7.91. The van der Waals surface area contributed by atoms with Crippen LogP contribution in [0.1, 0.15) is 32.3 Å². The first-order chi connectivity index (χ1) is 12.3. The minimum absolute atomic E-state index is 0.0854. The Morgan fingerprint density at radius 3 is 2.46 bits per heavy atom. The van der Waals surface area contributed by atoms with E-state index < -0.39 is 21.4 Å². The molecule has 1 aromatic rings. The molecule has 7 nitrogen and oxygen atoms in total. The van der Waals surface area contributed by atoms with Crippen molar-refractivity contribution in [1.29, 1.82) is 0 Å². The van der Waals surface area contributed by atoms with E-state index in [2.05, 4.69) is 5.32 Å². The number of rotatable bonds is 6. The highest BCUT2D eigenvalue weighted by Gasteiger charge is 2.51.